The highest BCUT2D eigenvalue weighted by Gasteiger charge is 2.28. The van der Waals surface area contributed by atoms with Crippen LogP contribution in [0.1, 0.15) is 10.4 Å². The van der Waals surface area contributed by atoms with Crippen molar-refractivity contribution in [2.75, 3.05) is 6.61 Å². The zero-order chi connectivity index (χ0) is 11.1. The number of halogens is 2. The van der Waals surface area contributed by atoms with Crippen molar-refractivity contribution in [3.8, 4) is 5.75 Å². The Morgan fingerprint density at radius 1 is 1.19 bits per heavy atom. The Morgan fingerprint density at radius 3 is 2.88 bits per heavy atom. The van der Waals surface area contributed by atoms with E-state index in [9.17, 15) is 0 Å². The lowest BCUT2D eigenvalue weighted by Gasteiger charge is -2.27. The van der Waals surface area contributed by atoms with Gasteiger partial charge in [-0.15, -0.1) is 11.6 Å². The summed E-state index contributed by atoms with van der Waals surface area (Å²) in [4.78, 5) is 0.169. The fraction of sp³-hybridized carbons (Fsp3) is 0.231. The minimum atomic E-state index is -0.00587. The third kappa shape index (κ3) is 1.52. The van der Waals surface area contributed by atoms with Crippen molar-refractivity contribution in [1.29, 1.82) is 0 Å². The summed E-state index contributed by atoms with van der Waals surface area (Å²) in [5.74, 6) is 0.969. The topological polar surface area (TPSA) is 9.23 Å². The highest BCUT2D eigenvalue weighted by atomic mass is 79.9. The summed E-state index contributed by atoms with van der Waals surface area (Å²) in [5.41, 5.74) is 1.14. The summed E-state index contributed by atoms with van der Waals surface area (Å²) in [6.07, 6.45) is 0. The van der Waals surface area contributed by atoms with Crippen LogP contribution in [0.3, 0.4) is 0 Å². The van der Waals surface area contributed by atoms with Crippen molar-refractivity contribution in [3.63, 3.8) is 0 Å². The first-order valence-electron chi connectivity index (χ1n) is 5.20. The second-order valence-corrected chi connectivity index (χ2v) is 5.48. The maximum atomic E-state index is 6.17. The molecule has 0 fully saturated rings. The summed E-state index contributed by atoms with van der Waals surface area (Å²) >= 11 is 9.80. The molecule has 1 nitrogen and oxygen atoms in total. The van der Waals surface area contributed by atoms with Gasteiger partial charge < -0.3 is 4.74 Å². The molecule has 0 spiro atoms. The fourth-order valence-electron chi connectivity index (χ4n) is 2.08. The molecule has 0 aromatic heterocycles. The average Bonchev–Trinajstić information content (AvgIpc) is 2.33. The van der Waals surface area contributed by atoms with E-state index in [1.165, 1.54) is 5.39 Å². The molecule has 1 heterocycles. The van der Waals surface area contributed by atoms with Crippen molar-refractivity contribution < 1.29 is 4.74 Å². The first-order valence-corrected chi connectivity index (χ1v) is 6.55. The van der Waals surface area contributed by atoms with Gasteiger partial charge in [-0.05, 0) is 5.39 Å². The van der Waals surface area contributed by atoms with Crippen LogP contribution in [0.15, 0.2) is 36.4 Å². The highest BCUT2D eigenvalue weighted by Crippen LogP contribution is 2.43. The van der Waals surface area contributed by atoms with Crippen LogP contribution in [0.5, 0.6) is 5.75 Å². The number of alkyl halides is 2. The van der Waals surface area contributed by atoms with Gasteiger partial charge in [-0.2, -0.15) is 0 Å². The van der Waals surface area contributed by atoms with E-state index in [1.54, 1.807) is 0 Å². The maximum absolute atomic E-state index is 6.17. The normalized spacial score (nSPS) is 23.9. The Balaban J connectivity index is 2.27. The van der Waals surface area contributed by atoms with Gasteiger partial charge in [0, 0.05) is 10.9 Å². The van der Waals surface area contributed by atoms with E-state index in [-0.39, 0.29) is 10.2 Å². The van der Waals surface area contributed by atoms with Crippen LogP contribution in [0.25, 0.3) is 10.8 Å². The number of benzene rings is 2. The minimum absolute atomic E-state index is 0.00587. The van der Waals surface area contributed by atoms with Gasteiger partial charge >= 0.3 is 0 Å². The van der Waals surface area contributed by atoms with E-state index in [0.717, 1.165) is 16.7 Å². The smallest absolute Gasteiger partial charge is 0.131 e. The third-order valence-corrected chi connectivity index (χ3v) is 4.73. The summed E-state index contributed by atoms with van der Waals surface area (Å²) < 4.78 is 5.76. The molecule has 3 heteroatoms. The monoisotopic (exact) mass is 296 g/mol. The van der Waals surface area contributed by atoms with Gasteiger partial charge in [0.15, 0.2) is 0 Å². The number of hydrogen-bond acceptors (Lipinski definition) is 1. The van der Waals surface area contributed by atoms with Crippen molar-refractivity contribution >= 4 is 38.3 Å². The van der Waals surface area contributed by atoms with Crippen molar-refractivity contribution in [1.82, 2.24) is 0 Å². The Morgan fingerprint density at radius 2 is 2.00 bits per heavy atom. The molecule has 2 aromatic rings. The van der Waals surface area contributed by atoms with Gasteiger partial charge in [-0.1, -0.05) is 52.3 Å². The molecule has 2 atom stereocenters. The second kappa shape index (κ2) is 3.94. The van der Waals surface area contributed by atoms with Crippen molar-refractivity contribution in [2.45, 2.75) is 10.2 Å². The largest absolute Gasteiger partial charge is 0.491 e. The van der Waals surface area contributed by atoms with E-state index >= 15 is 0 Å². The summed E-state index contributed by atoms with van der Waals surface area (Å²) in [7, 11) is 0. The minimum Gasteiger partial charge on any atom is -0.491 e. The van der Waals surface area contributed by atoms with Crippen molar-refractivity contribution in [3.05, 3.63) is 42.0 Å². The molecule has 1 aliphatic rings. The van der Waals surface area contributed by atoms with Gasteiger partial charge in [0.25, 0.3) is 0 Å². The highest BCUT2D eigenvalue weighted by molar-refractivity contribution is 9.09. The lowest BCUT2D eigenvalue weighted by molar-refractivity contribution is 0.295. The SMILES string of the molecule is ClC1COc2c(ccc3ccccc23)C1Br. The van der Waals surface area contributed by atoms with Crippen LogP contribution < -0.4 is 4.74 Å². The quantitative estimate of drug-likeness (QED) is 0.660. The standard InChI is InChI=1S/C13H10BrClO/c14-12-10-6-5-8-3-1-2-4-9(8)13(10)16-7-11(12)15/h1-6,11-12H,7H2. The molecule has 2 unspecified atom stereocenters. The Hall–Kier alpha value is -0.730. The molecular weight excluding hydrogens is 287 g/mol. The van der Waals surface area contributed by atoms with E-state index in [1.807, 2.05) is 12.1 Å². The predicted molar refractivity (Wildman–Crippen MR) is 70.8 cm³/mol. The molecule has 0 N–H and O–H groups in total. The molecule has 0 saturated carbocycles. The van der Waals surface area contributed by atoms with Crippen LogP contribution in [-0.4, -0.2) is 12.0 Å². The van der Waals surface area contributed by atoms with Crippen molar-refractivity contribution in [2.24, 2.45) is 0 Å². The van der Waals surface area contributed by atoms with Gasteiger partial charge in [-0.3, -0.25) is 0 Å². The molecular formula is C13H10BrClO. The van der Waals surface area contributed by atoms with Crippen LogP contribution in [-0.2, 0) is 0 Å². The summed E-state index contributed by atoms with van der Waals surface area (Å²) in [6.45, 7) is 0.554. The number of ether oxygens (including phenoxy) is 1. The Labute approximate surface area is 107 Å². The second-order valence-electron chi connectivity index (χ2n) is 3.93. The lowest BCUT2D eigenvalue weighted by atomic mass is 10.0. The van der Waals surface area contributed by atoms with Gasteiger partial charge in [0.05, 0.1) is 10.2 Å². The zero-order valence-electron chi connectivity index (χ0n) is 8.49. The van der Waals surface area contributed by atoms with E-state index in [0.29, 0.717) is 6.61 Å². The molecule has 16 heavy (non-hydrogen) atoms. The maximum Gasteiger partial charge on any atom is 0.131 e. The molecule has 3 rings (SSSR count). The third-order valence-electron chi connectivity index (χ3n) is 2.91. The number of rotatable bonds is 0. The Bertz CT molecular complexity index is 540. The van der Waals surface area contributed by atoms with Gasteiger partial charge in [0.1, 0.15) is 12.4 Å². The number of fused-ring (bicyclic) bond motifs is 3. The molecule has 0 saturated heterocycles. The molecule has 1 aliphatic heterocycles. The van der Waals surface area contributed by atoms with E-state index < -0.39 is 0 Å². The molecule has 82 valence electrons. The lowest BCUT2D eigenvalue weighted by Crippen LogP contribution is -2.23. The Kier molecular flexibility index (Phi) is 2.56. The van der Waals surface area contributed by atoms with Crippen LogP contribution in [0.2, 0.25) is 0 Å². The zero-order valence-corrected chi connectivity index (χ0v) is 10.8. The summed E-state index contributed by atoms with van der Waals surface area (Å²) in [6, 6.07) is 12.4. The van der Waals surface area contributed by atoms with Gasteiger partial charge in [0.2, 0.25) is 0 Å². The van der Waals surface area contributed by atoms with E-state index in [2.05, 4.69) is 40.2 Å². The fourth-order valence-corrected chi connectivity index (χ4v) is 2.79. The van der Waals surface area contributed by atoms with Crippen LogP contribution >= 0.6 is 27.5 Å². The molecule has 0 amide bonds. The molecule has 0 bridgehead atoms. The number of hydrogen-bond donors (Lipinski definition) is 0. The van der Waals surface area contributed by atoms with Crippen LogP contribution in [0.4, 0.5) is 0 Å². The molecule has 2 aromatic carbocycles. The first-order chi connectivity index (χ1) is 7.77. The summed E-state index contributed by atoms with van der Waals surface area (Å²) in [5, 5.41) is 2.36. The van der Waals surface area contributed by atoms with Gasteiger partial charge in [-0.25, -0.2) is 0 Å². The van der Waals surface area contributed by atoms with Crippen LogP contribution in [0, 0.1) is 0 Å². The average molecular weight is 298 g/mol. The predicted octanol–water partition coefficient (Wildman–Crippen LogP) is 4.28. The molecule has 0 aliphatic carbocycles. The molecule has 0 radical (unpaired) electrons. The first kappa shape index (κ1) is 10.4. The van der Waals surface area contributed by atoms with E-state index in [4.69, 9.17) is 16.3 Å².